The van der Waals surface area contributed by atoms with E-state index in [9.17, 15) is 13.2 Å². The van der Waals surface area contributed by atoms with Crippen molar-refractivity contribution < 1.29 is 22.7 Å². The van der Waals surface area contributed by atoms with Gasteiger partial charge in [-0.25, -0.2) is 13.2 Å². The number of hydrogen-bond acceptors (Lipinski definition) is 4. The standard InChI is InChI=1S/C13H12O5S/c1-9-2-4-10(5-3-9)8-19(16,17)12-7-6-11(18-12)13(14)15/h2-7H,8H2,1H3,(H,14,15). The number of rotatable bonds is 4. The Bertz CT molecular complexity index is 695. The van der Waals surface area contributed by atoms with Gasteiger partial charge in [0.05, 0.1) is 5.75 Å². The third-order valence-electron chi connectivity index (χ3n) is 2.58. The van der Waals surface area contributed by atoms with Gasteiger partial charge in [-0.15, -0.1) is 0 Å². The maximum absolute atomic E-state index is 12.0. The van der Waals surface area contributed by atoms with Crippen LogP contribution in [0.25, 0.3) is 0 Å². The molecule has 19 heavy (non-hydrogen) atoms. The molecule has 1 N–H and O–H groups in total. The van der Waals surface area contributed by atoms with E-state index in [2.05, 4.69) is 0 Å². The van der Waals surface area contributed by atoms with Crippen LogP contribution in [-0.2, 0) is 15.6 Å². The van der Waals surface area contributed by atoms with Gasteiger partial charge in [0, 0.05) is 0 Å². The third kappa shape index (κ3) is 3.03. The van der Waals surface area contributed by atoms with E-state index in [4.69, 9.17) is 9.52 Å². The fourth-order valence-corrected chi connectivity index (χ4v) is 2.84. The van der Waals surface area contributed by atoms with E-state index >= 15 is 0 Å². The Labute approximate surface area is 110 Å². The smallest absolute Gasteiger partial charge is 0.371 e. The second kappa shape index (κ2) is 4.89. The lowest BCUT2D eigenvalue weighted by atomic mass is 10.2. The molecular formula is C13H12O5S. The van der Waals surface area contributed by atoms with Crippen molar-refractivity contribution in [2.45, 2.75) is 17.8 Å². The molecule has 0 spiro atoms. The van der Waals surface area contributed by atoms with Gasteiger partial charge in [0.25, 0.3) is 0 Å². The maximum Gasteiger partial charge on any atom is 0.371 e. The van der Waals surface area contributed by atoms with Crippen LogP contribution in [0.5, 0.6) is 0 Å². The maximum atomic E-state index is 12.0. The monoisotopic (exact) mass is 280 g/mol. The molecule has 0 atom stereocenters. The zero-order valence-corrected chi connectivity index (χ0v) is 11.0. The lowest BCUT2D eigenvalue weighted by Gasteiger charge is -2.02. The van der Waals surface area contributed by atoms with E-state index < -0.39 is 15.8 Å². The predicted octanol–water partition coefficient (Wildman–Crippen LogP) is 2.26. The summed E-state index contributed by atoms with van der Waals surface area (Å²) >= 11 is 0. The van der Waals surface area contributed by atoms with Crippen LogP contribution < -0.4 is 0 Å². The lowest BCUT2D eigenvalue weighted by Crippen LogP contribution is -2.04. The lowest BCUT2D eigenvalue weighted by molar-refractivity contribution is 0.0656. The van der Waals surface area contributed by atoms with Gasteiger partial charge >= 0.3 is 5.97 Å². The van der Waals surface area contributed by atoms with Crippen molar-refractivity contribution in [3.8, 4) is 0 Å². The number of sulfone groups is 1. The Morgan fingerprint density at radius 1 is 1.16 bits per heavy atom. The normalized spacial score (nSPS) is 11.4. The Balaban J connectivity index is 2.26. The Morgan fingerprint density at radius 2 is 1.79 bits per heavy atom. The summed E-state index contributed by atoms with van der Waals surface area (Å²) in [6.45, 7) is 1.91. The molecule has 0 aliphatic rings. The number of carbonyl (C=O) groups is 1. The van der Waals surface area contributed by atoms with Crippen LogP contribution >= 0.6 is 0 Å². The summed E-state index contributed by atoms with van der Waals surface area (Å²) in [5.74, 6) is -1.90. The molecule has 0 aliphatic heterocycles. The highest BCUT2D eigenvalue weighted by Crippen LogP contribution is 2.19. The van der Waals surface area contributed by atoms with E-state index in [1.165, 1.54) is 0 Å². The van der Waals surface area contributed by atoms with Crippen molar-refractivity contribution in [2.24, 2.45) is 0 Å². The average Bonchev–Trinajstić information content (AvgIpc) is 2.82. The molecule has 0 saturated heterocycles. The zero-order valence-electron chi connectivity index (χ0n) is 10.2. The van der Waals surface area contributed by atoms with Crippen molar-refractivity contribution in [1.82, 2.24) is 0 Å². The van der Waals surface area contributed by atoms with Crippen LogP contribution in [-0.4, -0.2) is 19.5 Å². The van der Waals surface area contributed by atoms with E-state index in [0.29, 0.717) is 5.56 Å². The number of aromatic carboxylic acids is 1. The fraction of sp³-hybridized carbons (Fsp3) is 0.154. The second-order valence-corrected chi connectivity index (χ2v) is 6.09. The van der Waals surface area contributed by atoms with Gasteiger partial charge in [0.15, 0.2) is 0 Å². The topological polar surface area (TPSA) is 84.6 Å². The molecule has 0 saturated carbocycles. The molecule has 0 unspecified atom stereocenters. The van der Waals surface area contributed by atoms with Gasteiger partial charge in [0.1, 0.15) is 0 Å². The molecule has 1 aromatic carbocycles. The van der Waals surface area contributed by atoms with E-state index in [-0.39, 0.29) is 16.6 Å². The highest BCUT2D eigenvalue weighted by molar-refractivity contribution is 7.90. The second-order valence-electron chi connectivity index (χ2n) is 4.17. The van der Waals surface area contributed by atoms with Crippen LogP contribution in [0.15, 0.2) is 45.9 Å². The fourth-order valence-electron chi connectivity index (χ4n) is 1.58. The zero-order chi connectivity index (χ0) is 14.0. The Kier molecular flexibility index (Phi) is 3.44. The van der Waals surface area contributed by atoms with Crippen molar-refractivity contribution in [2.75, 3.05) is 0 Å². The van der Waals surface area contributed by atoms with Crippen LogP contribution in [0.2, 0.25) is 0 Å². The largest absolute Gasteiger partial charge is 0.475 e. The predicted molar refractivity (Wildman–Crippen MR) is 67.7 cm³/mol. The Hall–Kier alpha value is -2.08. The summed E-state index contributed by atoms with van der Waals surface area (Å²) in [6, 6.07) is 9.35. The summed E-state index contributed by atoms with van der Waals surface area (Å²) in [7, 11) is -3.67. The Morgan fingerprint density at radius 3 is 2.32 bits per heavy atom. The molecule has 0 radical (unpaired) electrons. The summed E-state index contributed by atoms with van der Waals surface area (Å²) in [5, 5.41) is 8.37. The highest BCUT2D eigenvalue weighted by Gasteiger charge is 2.21. The minimum Gasteiger partial charge on any atom is -0.475 e. The first-order valence-electron chi connectivity index (χ1n) is 5.50. The highest BCUT2D eigenvalue weighted by atomic mass is 32.2. The quantitative estimate of drug-likeness (QED) is 0.928. The van der Waals surface area contributed by atoms with E-state index in [1.54, 1.807) is 12.1 Å². The van der Waals surface area contributed by atoms with E-state index in [1.807, 2.05) is 19.1 Å². The molecule has 6 heteroatoms. The molecule has 0 aliphatic carbocycles. The average molecular weight is 280 g/mol. The molecule has 1 aromatic heterocycles. The molecule has 0 bridgehead atoms. The number of carboxylic acids is 1. The van der Waals surface area contributed by atoms with Gasteiger partial charge in [0.2, 0.25) is 20.7 Å². The van der Waals surface area contributed by atoms with Crippen LogP contribution in [0, 0.1) is 6.92 Å². The minimum absolute atomic E-state index is 0.222. The van der Waals surface area contributed by atoms with Gasteiger partial charge < -0.3 is 9.52 Å². The van der Waals surface area contributed by atoms with Gasteiger partial charge in [-0.2, -0.15) is 0 Å². The van der Waals surface area contributed by atoms with Crippen LogP contribution in [0.3, 0.4) is 0 Å². The van der Waals surface area contributed by atoms with E-state index in [0.717, 1.165) is 17.7 Å². The van der Waals surface area contributed by atoms with Crippen molar-refractivity contribution in [3.63, 3.8) is 0 Å². The molecule has 0 fully saturated rings. The molecule has 2 rings (SSSR count). The number of benzene rings is 1. The number of aryl methyl sites for hydroxylation is 1. The molecule has 1 heterocycles. The van der Waals surface area contributed by atoms with Gasteiger partial charge in [-0.3, -0.25) is 0 Å². The third-order valence-corrected chi connectivity index (χ3v) is 4.12. The number of carboxylic acid groups (broad SMARTS) is 1. The van der Waals surface area contributed by atoms with Crippen molar-refractivity contribution in [3.05, 3.63) is 53.3 Å². The van der Waals surface area contributed by atoms with Crippen LogP contribution in [0.1, 0.15) is 21.7 Å². The first-order valence-corrected chi connectivity index (χ1v) is 7.15. The molecule has 5 nitrogen and oxygen atoms in total. The molecule has 2 aromatic rings. The summed E-state index contributed by atoms with van der Waals surface area (Å²) in [6.07, 6.45) is 0. The molecular weight excluding hydrogens is 268 g/mol. The molecule has 100 valence electrons. The van der Waals surface area contributed by atoms with Crippen LogP contribution in [0.4, 0.5) is 0 Å². The van der Waals surface area contributed by atoms with Gasteiger partial charge in [-0.05, 0) is 24.6 Å². The summed E-state index contributed by atoms with van der Waals surface area (Å²) < 4.78 is 28.9. The molecule has 0 amide bonds. The van der Waals surface area contributed by atoms with Crippen molar-refractivity contribution >= 4 is 15.8 Å². The number of furan rings is 1. The van der Waals surface area contributed by atoms with Crippen molar-refractivity contribution in [1.29, 1.82) is 0 Å². The number of hydrogen-bond donors (Lipinski definition) is 1. The summed E-state index contributed by atoms with van der Waals surface area (Å²) in [5.41, 5.74) is 1.66. The summed E-state index contributed by atoms with van der Waals surface area (Å²) in [4.78, 5) is 10.6. The van der Waals surface area contributed by atoms with Gasteiger partial charge in [-0.1, -0.05) is 29.8 Å². The minimum atomic E-state index is -3.67. The first kappa shape index (κ1) is 13.4. The first-order chi connectivity index (χ1) is 8.88. The SMILES string of the molecule is Cc1ccc(CS(=O)(=O)c2ccc(C(=O)O)o2)cc1.